The normalized spacial score (nSPS) is 45.0. The number of fused-ring (bicyclic) bond motifs is 5. The number of carbonyl (C=O) groups excluding carboxylic acids is 1. The second-order valence-corrected chi connectivity index (χ2v) is 10.1. The second-order valence-electron chi connectivity index (χ2n) is 9.05. The van der Waals surface area contributed by atoms with Crippen LogP contribution in [0.2, 0.25) is 0 Å². The first-order valence-corrected chi connectivity index (χ1v) is 10.8. The van der Waals surface area contributed by atoms with Crippen molar-refractivity contribution in [2.24, 2.45) is 28.6 Å². The topological polar surface area (TPSA) is 83.5 Å². The van der Waals surface area contributed by atoms with Gasteiger partial charge in [-0.05, 0) is 68.1 Å². The van der Waals surface area contributed by atoms with E-state index in [4.69, 9.17) is 4.18 Å². The SMILES string of the molecule is C[C@]12CC[C@@H](OS(=O)(=O)[O-])CC1=CC[C@@H]1[C@@H]2CC[C@]2(C)C(=O)CC[C@@H]12.[Na+]. The number of carbonyl (C=O) groups is 1. The summed E-state index contributed by atoms with van der Waals surface area (Å²) in [4.78, 5) is 12.4. The average Bonchev–Trinajstić information content (AvgIpc) is 2.82. The molecule has 0 bridgehead atoms. The van der Waals surface area contributed by atoms with Crippen molar-refractivity contribution in [2.75, 3.05) is 0 Å². The number of rotatable bonds is 2. The maximum Gasteiger partial charge on any atom is 1.00 e. The fraction of sp³-hybridized carbons (Fsp3) is 0.842. The Morgan fingerprint density at radius 1 is 1.12 bits per heavy atom. The molecule has 0 amide bonds. The standard InChI is InChI=1S/C19H28O5S.Na/c1-18-9-7-13(24-25(21,22)23)11-12(18)3-4-14-15-5-6-17(20)19(15,2)10-8-16(14)18;/h3,13-16H,4-11H2,1-2H3,(H,21,22,23);/q;+1/p-1/t13-,14+,15+,16+,18+,19+;/m1./s1. The smallest absolute Gasteiger partial charge is 0.726 e. The van der Waals surface area contributed by atoms with Gasteiger partial charge < -0.3 is 4.55 Å². The largest absolute Gasteiger partial charge is 1.00 e. The zero-order chi connectivity index (χ0) is 18.0. The summed E-state index contributed by atoms with van der Waals surface area (Å²) >= 11 is 0. The van der Waals surface area contributed by atoms with Crippen molar-refractivity contribution in [3.63, 3.8) is 0 Å². The van der Waals surface area contributed by atoms with Gasteiger partial charge in [-0.1, -0.05) is 25.5 Å². The third-order valence-corrected chi connectivity index (χ3v) is 8.53. The van der Waals surface area contributed by atoms with Crippen LogP contribution in [-0.2, 0) is 19.4 Å². The first kappa shape index (κ1) is 21.0. The molecule has 4 rings (SSSR count). The molecule has 0 aromatic heterocycles. The van der Waals surface area contributed by atoms with Gasteiger partial charge in [0, 0.05) is 11.8 Å². The van der Waals surface area contributed by atoms with E-state index in [9.17, 15) is 17.8 Å². The van der Waals surface area contributed by atoms with Crippen molar-refractivity contribution in [1.82, 2.24) is 0 Å². The number of Topliss-reactive ketones (excluding diaryl/α,β-unsaturated/α-hetero) is 1. The van der Waals surface area contributed by atoms with E-state index in [2.05, 4.69) is 19.9 Å². The van der Waals surface area contributed by atoms with Crippen LogP contribution in [-0.4, -0.2) is 24.9 Å². The Morgan fingerprint density at radius 3 is 2.46 bits per heavy atom. The van der Waals surface area contributed by atoms with Crippen LogP contribution in [0.25, 0.3) is 0 Å². The predicted octanol–water partition coefficient (Wildman–Crippen LogP) is 0.368. The Labute approximate surface area is 178 Å². The minimum Gasteiger partial charge on any atom is -0.726 e. The molecule has 0 aliphatic heterocycles. The second kappa shape index (κ2) is 6.96. The van der Waals surface area contributed by atoms with Gasteiger partial charge in [-0.3, -0.25) is 8.98 Å². The molecule has 6 atom stereocenters. The van der Waals surface area contributed by atoms with E-state index in [0.29, 0.717) is 36.4 Å². The van der Waals surface area contributed by atoms with Crippen LogP contribution in [0.15, 0.2) is 11.6 Å². The number of hydrogen-bond donors (Lipinski definition) is 0. The van der Waals surface area contributed by atoms with Crippen LogP contribution in [0.1, 0.15) is 65.2 Å². The van der Waals surface area contributed by atoms with Gasteiger partial charge in [0.1, 0.15) is 5.78 Å². The van der Waals surface area contributed by atoms with Gasteiger partial charge in [-0.25, -0.2) is 8.42 Å². The molecule has 0 saturated heterocycles. The Bertz CT molecular complexity index is 732. The molecule has 3 fully saturated rings. The van der Waals surface area contributed by atoms with Crippen LogP contribution >= 0.6 is 0 Å². The molecule has 0 aromatic carbocycles. The molecule has 0 radical (unpaired) electrons. The Hall–Kier alpha value is 0.280. The predicted molar refractivity (Wildman–Crippen MR) is 91.3 cm³/mol. The van der Waals surface area contributed by atoms with E-state index >= 15 is 0 Å². The minimum absolute atomic E-state index is 0. The Balaban J connectivity index is 0.00000196. The van der Waals surface area contributed by atoms with E-state index in [1.807, 2.05) is 0 Å². The van der Waals surface area contributed by atoms with Crippen LogP contribution in [0.5, 0.6) is 0 Å². The summed E-state index contributed by atoms with van der Waals surface area (Å²) in [6, 6.07) is 0. The first-order valence-electron chi connectivity index (χ1n) is 9.50. The van der Waals surface area contributed by atoms with Gasteiger partial charge in [-0.2, -0.15) is 0 Å². The molecular weight excluding hydrogens is 363 g/mol. The van der Waals surface area contributed by atoms with Gasteiger partial charge in [0.25, 0.3) is 0 Å². The maximum absolute atomic E-state index is 12.4. The molecule has 3 saturated carbocycles. The summed E-state index contributed by atoms with van der Waals surface area (Å²) in [7, 11) is -4.65. The third kappa shape index (κ3) is 3.29. The van der Waals surface area contributed by atoms with Crippen LogP contribution in [0.4, 0.5) is 0 Å². The summed E-state index contributed by atoms with van der Waals surface area (Å²) < 4.78 is 37.5. The molecule has 4 aliphatic carbocycles. The van der Waals surface area contributed by atoms with Crippen LogP contribution < -0.4 is 29.6 Å². The maximum atomic E-state index is 12.4. The van der Waals surface area contributed by atoms with Crippen molar-refractivity contribution < 1.29 is 51.5 Å². The molecule has 140 valence electrons. The van der Waals surface area contributed by atoms with Crippen LogP contribution in [0, 0.1) is 28.6 Å². The molecule has 0 heterocycles. The van der Waals surface area contributed by atoms with Crippen LogP contribution in [0.3, 0.4) is 0 Å². The molecular formula is C19H27NaO5S. The van der Waals surface area contributed by atoms with E-state index in [0.717, 1.165) is 38.5 Å². The summed E-state index contributed by atoms with van der Waals surface area (Å²) in [6.45, 7) is 4.48. The molecule has 0 spiro atoms. The van der Waals surface area contributed by atoms with E-state index in [-0.39, 0.29) is 40.4 Å². The quantitative estimate of drug-likeness (QED) is 0.294. The Kier molecular flexibility index (Phi) is 5.62. The summed E-state index contributed by atoms with van der Waals surface area (Å²) in [6.07, 6.45) is 8.55. The zero-order valence-electron chi connectivity index (χ0n) is 16.0. The number of allylic oxidation sites excluding steroid dienone is 1. The van der Waals surface area contributed by atoms with Gasteiger partial charge in [0.2, 0.25) is 10.4 Å². The average molecular weight is 390 g/mol. The van der Waals surface area contributed by atoms with Crippen molar-refractivity contribution >= 4 is 16.2 Å². The van der Waals surface area contributed by atoms with Gasteiger partial charge in [0.05, 0.1) is 6.10 Å². The number of hydrogen-bond acceptors (Lipinski definition) is 5. The molecule has 5 nitrogen and oxygen atoms in total. The summed E-state index contributed by atoms with van der Waals surface area (Å²) in [5.41, 5.74) is 1.20. The minimum atomic E-state index is -4.65. The molecule has 0 unspecified atom stereocenters. The number of ketones is 1. The molecule has 7 heteroatoms. The van der Waals surface area contributed by atoms with Gasteiger partial charge in [-0.15, -0.1) is 0 Å². The van der Waals surface area contributed by atoms with Crippen molar-refractivity contribution in [1.29, 1.82) is 0 Å². The Morgan fingerprint density at radius 2 is 1.77 bits per heavy atom. The zero-order valence-corrected chi connectivity index (χ0v) is 18.8. The van der Waals surface area contributed by atoms with Crippen molar-refractivity contribution in [3.05, 3.63) is 11.6 Å². The van der Waals surface area contributed by atoms with E-state index < -0.39 is 16.5 Å². The molecule has 0 N–H and O–H groups in total. The fourth-order valence-corrected chi connectivity index (χ4v) is 7.14. The fourth-order valence-electron chi connectivity index (χ4n) is 6.65. The van der Waals surface area contributed by atoms with E-state index in [1.54, 1.807) is 0 Å². The molecule has 26 heavy (non-hydrogen) atoms. The van der Waals surface area contributed by atoms with Gasteiger partial charge in [0.15, 0.2) is 0 Å². The summed E-state index contributed by atoms with van der Waals surface area (Å²) in [5.74, 6) is 2.05. The van der Waals surface area contributed by atoms with Crippen molar-refractivity contribution in [3.8, 4) is 0 Å². The third-order valence-electron chi connectivity index (χ3n) is 8.02. The summed E-state index contributed by atoms with van der Waals surface area (Å²) in [5, 5.41) is 0. The molecule has 0 aromatic rings. The molecule has 4 aliphatic rings. The van der Waals surface area contributed by atoms with E-state index in [1.165, 1.54) is 5.57 Å². The monoisotopic (exact) mass is 390 g/mol. The van der Waals surface area contributed by atoms with Gasteiger partial charge >= 0.3 is 29.6 Å². The van der Waals surface area contributed by atoms with Crippen molar-refractivity contribution in [2.45, 2.75) is 71.3 Å². The first-order chi connectivity index (χ1) is 11.6.